The Hall–Kier alpha value is -2.63. The Morgan fingerprint density at radius 3 is 2.92 bits per heavy atom. The van der Waals surface area contributed by atoms with E-state index >= 15 is 0 Å². The summed E-state index contributed by atoms with van der Waals surface area (Å²) in [5, 5.41) is 11.9. The standard InChI is InChI=1S/C18H21N5O/c1-12-17-16(22(2)21-12)11-20-23(17)9-8-19-18(24)15-10-14(15)13-6-4-3-5-7-13/h3-7,11,14-15H,8-10H2,1-2H3,(H,19,24)/t14-,15+/m0/s1. The van der Waals surface area contributed by atoms with Crippen LogP contribution in [0.25, 0.3) is 11.0 Å². The number of carbonyl (C=O) groups excluding carboxylic acids is 1. The van der Waals surface area contributed by atoms with Crippen molar-refractivity contribution in [1.29, 1.82) is 0 Å². The van der Waals surface area contributed by atoms with Gasteiger partial charge in [-0.05, 0) is 24.8 Å². The lowest BCUT2D eigenvalue weighted by Crippen LogP contribution is -2.29. The van der Waals surface area contributed by atoms with Crippen LogP contribution in [-0.2, 0) is 18.4 Å². The molecule has 124 valence electrons. The molecule has 0 spiro atoms. The Kier molecular flexibility index (Phi) is 3.59. The lowest BCUT2D eigenvalue weighted by molar-refractivity contribution is -0.122. The third kappa shape index (κ3) is 2.58. The Bertz CT molecular complexity index is 880. The quantitative estimate of drug-likeness (QED) is 0.781. The minimum Gasteiger partial charge on any atom is -0.354 e. The molecule has 2 aromatic heterocycles. The molecule has 1 N–H and O–H groups in total. The Morgan fingerprint density at radius 1 is 1.33 bits per heavy atom. The van der Waals surface area contributed by atoms with Crippen LogP contribution < -0.4 is 5.32 Å². The fourth-order valence-corrected chi connectivity index (χ4v) is 3.45. The van der Waals surface area contributed by atoms with Crippen LogP contribution in [0.2, 0.25) is 0 Å². The van der Waals surface area contributed by atoms with E-state index < -0.39 is 0 Å². The third-order valence-corrected chi connectivity index (χ3v) is 4.79. The van der Waals surface area contributed by atoms with Gasteiger partial charge in [0.05, 0.1) is 18.4 Å². The number of benzene rings is 1. The number of rotatable bonds is 5. The van der Waals surface area contributed by atoms with Gasteiger partial charge in [-0.3, -0.25) is 14.2 Å². The van der Waals surface area contributed by atoms with Crippen molar-refractivity contribution in [2.45, 2.75) is 25.8 Å². The first kappa shape index (κ1) is 14.9. The summed E-state index contributed by atoms with van der Waals surface area (Å²) in [4.78, 5) is 12.3. The second-order valence-corrected chi connectivity index (χ2v) is 6.46. The highest BCUT2D eigenvalue weighted by molar-refractivity contribution is 5.83. The number of fused-ring (bicyclic) bond motifs is 1. The van der Waals surface area contributed by atoms with Gasteiger partial charge in [-0.2, -0.15) is 10.2 Å². The Balaban J connectivity index is 1.34. The summed E-state index contributed by atoms with van der Waals surface area (Å²) in [6.45, 7) is 3.22. The molecular weight excluding hydrogens is 302 g/mol. The van der Waals surface area contributed by atoms with Crippen molar-refractivity contribution in [3.8, 4) is 0 Å². The predicted octanol–water partition coefficient (Wildman–Crippen LogP) is 2.00. The number of aryl methyl sites for hydroxylation is 2. The van der Waals surface area contributed by atoms with E-state index in [1.54, 1.807) is 0 Å². The van der Waals surface area contributed by atoms with Crippen molar-refractivity contribution in [2.75, 3.05) is 6.54 Å². The largest absolute Gasteiger partial charge is 0.354 e. The van der Waals surface area contributed by atoms with Crippen molar-refractivity contribution < 1.29 is 4.79 Å². The number of nitrogens with one attached hydrogen (secondary N) is 1. The second kappa shape index (κ2) is 5.78. The monoisotopic (exact) mass is 323 g/mol. The molecule has 4 rings (SSSR count). The lowest BCUT2D eigenvalue weighted by atomic mass is 10.1. The fourth-order valence-electron chi connectivity index (χ4n) is 3.45. The van der Waals surface area contributed by atoms with E-state index in [0.717, 1.165) is 23.1 Å². The number of aromatic nitrogens is 4. The molecule has 1 aliphatic rings. The minimum atomic E-state index is 0.116. The molecule has 1 aromatic carbocycles. The van der Waals surface area contributed by atoms with E-state index in [2.05, 4.69) is 27.6 Å². The van der Waals surface area contributed by atoms with Crippen molar-refractivity contribution >= 4 is 16.9 Å². The zero-order valence-electron chi connectivity index (χ0n) is 13.9. The summed E-state index contributed by atoms with van der Waals surface area (Å²) in [5.74, 6) is 0.642. The molecule has 6 nitrogen and oxygen atoms in total. The zero-order valence-corrected chi connectivity index (χ0v) is 13.9. The highest BCUT2D eigenvalue weighted by Gasteiger charge is 2.43. The van der Waals surface area contributed by atoms with E-state index in [0.29, 0.717) is 19.0 Å². The summed E-state index contributed by atoms with van der Waals surface area (Å²) in [7, 11) is 1.92. The van der Waals surface area contributed by atoms with Gasteiger partial charge in [0.15, 0.2) is 0 Å². The van der Waals surface area contributed by atoms with Crippen LogP contribution in [0.5, 0.6) is 0 Å². The molecule has 0 unspecified atom stereocenters. The molecule has 1 aliphatic carbocycles. The zero-order chi connectivity index (χ0) is 16.7. The maximum Gasteiger partial charge on any atom is 0.223 e. The first-order valence-corrected chi connectivity index (χ1v) is 8.33. The number of hydrogen-bond acceptors (Lipinski definition) is 3. The van der Waals surface area contributed by atoms with Gasteiger partial charge in [0.25, 0.3) is 0 Å². The van der Waals surface area contributed by atoms with Gasteiger partial charge in [-0.25, -0.2) is 0 Å². The van der Waals surface area contributed by atoms with Crippen LogP contribution in [0.15, 0.2) is 36.5 Å². The molecule has 2 atom stereocenters. The summed E-state index contributed by atoms with van der Waals surface area (Å²) < 4.78 is 3.75. The van der Waals surface area contributed by atoms with Crippen LogP contribution >= 0.6 is 0 Å². The molecule has 1 saturated carbocycles. The first-order valence-electron chi connectivity index (χ1n) is 8.33. The SMILES string of the molecule is Cc1nn(C)c2cnn(CCNC(=O)[C@@H]3C[C@H]3c3ccccc3)c12. The van der Waals surface area contributed by atoms with Crippen LogP contribution in [0.4, 0.5) is 0 Å². The summed E-state index contributed by atoms with van der Waals surface area (Å²) >= 11 is 0. The molecule has 1 amide bonds. The number of carbonyl (C=O) groups is 1. The average molecular weight is 323 g/mol. The molecule has 0 radical (unpaired) electrons. The van der Waals surface area contributed by atoms with Crippen molar-refractivity contribution in [2.24, 2.45) is 13.0 Å². The molecule has 6 heteroatoms. The Labute approximate surface area is 140 Å². The van der Waals surface area contributed by atoms with Crippen LogP contribution in [0.3, 0.4) is 0 Å². The number of nitrogens with zero attached hydrogens (tertiary/aromatic N) is 4. The second-order valence-electron chi connectivity index (χ2n) is 6.46. The molecule has 0 aliphatic heterocycles. The van der Waals surface area contributed by atoms with Gasteiger partial charge in [-0.1, -0.05) is 30.3 Å². The van der Waals surface area contributed by atoms with Gasteiger partial charge < -0.3 is 5.32 Å². The average Bonchev–Trinajstić information content (AvgIpc) is 3.20. The van der Waals surface area contributed by atoms with E-state index in [1.807, 2.05) is 47.7 Å². The highest BCUT2D eigenvalue weighted by atomic mass is 16.2. The van der Waals surface area contributed by atoms with Gasteiger partial charge >= 0.3 is 0 Å². The van der Waals surface area contributed by atoms with Crippen molar-refractivity contribution in [3.05, 3.63) is 47.8 Å². The van der Waals surface area contributed by atoms with E-state index in [4.69, 9.17) is 0 Å². The van der Waals surface area contributed by atoms with Gasteiger partial charge in [0.2, 0.25) is 5.91 Å². The summed E-state index contributed by atoms with van der Waals surface area (Å²) in [6.07, 6.45) is 2.77. The number of hydrogen-bond donors (Lipinski definition) is 1. The highest BCUT2D eigenvalue weighted by Crippen LogP contribution is 2.47. The fraction of sp³-hybridized carbons (Fsp3) is 0.389. The summed E-state index contributed by atoms with van der Waals surface area (Å²) in [5.41, 5.74) is 4.28. The van der Waals surface area contributed by atoms with Crippen LogP contribution in [-0.4, -0.2) is 32.0 Å². The topological polar surface area (TPSA) is 64.7 Å². The molecule has 0 saturated heterocycles. The molecule has 3 aromatic rings. The normalized spacial score (nSPS) is 19.6. The molecular formula is C18H21N5O. The minimum absolute atomic E-state index is 0.116. The van der Waals surface area contributed by atoms with Crippen molar-refractivity contribution in [1.82, 2.24) is 24.9 Å². The molecule has 24 heavy (non-hydrogen) atoms. The predicted molar refractivity (Wildman–Crippen MR) is 91.5 cm³/mol. The maximum absolute atomic E-state index is 12.3. The van der Waals surface area contributed by atoms with Crippen molar-refractivity contribution in [3.63, 3.8) is 0 Å². The lowest BCUT2D eigenvalue weighted by Gasteiger charge is -2.06. The maximum atomic E-state index is 12.3. The van der Waals surface area contributed by atoms with Crippen LogP contribution in [0.1, 0.15) is 23.6 Å². The van der Waals surface area contributed by atoms with E-state index in [9.17, 15) is 4.79 Å². The molecule has 2 heterocycles. The number of amides is 1. The van der Waals surface area contributed by atoms with E-state index in [1.165, 1.54) is 5.56 Å². The smallest absolute Gasteiger partial charge is 0.223 e. The third-order valence-electron chi connectivity index (χ3n) is 4.79. The first-order chi connectivity index (χ1) is 11.6. The summed E-state index contributed by atoms with van der Waals surface area (Å²) in [6, 6.07) is 10.3. The Morgan fingerprint density at radius 2 is 2.12 bits per heavy atom. The molecule has 0 bridgehead atoms. The van der Waals surface area contributed by atoms with Gasteiger partial charge in [-0.15, -0.1) is 0 Å². The van der Waals surface area contributed by atoms with Gasteiger partial charge in [0, 0.05) is 19.5 Å². The van der Waals surface area contributed by atoms with E-state index in [-0.39, 0.29) is 11.8 Å². The van der Waals surface area contributed by atoms with Crippen LogP contribution in [0, 0.1) is 12.8 Å². The molecule has 1 fully saturated rings. The van der Waals surface area contributed by atoms with Gasteiger partial charge in [0.1, 0.15) is 11.0 Å².